The second kappa shape index (κ2) is 11.9. The molecule has 0 aromatic heterocycles. The van der Waals surface area contributed by atoms with Crippen LogP contribution in [0.1, 0.15) is 36.5 Å². The van der Waals surface area contributed by atoms with E-state index in [-0.39, 0.29) is 29.9 Å². The molecule has 2 heterocycles. The number of carbonyl (C=O) groups is 1. The molecule has 172 valence electrons. The summed E-state index contributed by atoms with van der Waals surface area (Å²) in [5.41, 5.74) is 3.70. The highest BCUT2D eigenvalue weighted by molar-refractivity contribution is 14.0. The maximum Gasteiger partial charge on any atom is 0.231 e. The third-order valence-electron chi connectivity index (χ3n) is 5.50. The molecular weight excluding hydrogens is 519 g/mol. The molecular formula is C24H31IN4O3. The number of ether oxygens (including phenoxy) is 2. The van der Waals surface area contributed by atoms with Gasteiger partial charge in [0, 0.05) is 39.1 Å². The fourth-order valence-electron chi connectivity index (χ4n) is 3.85. The molecule has 0 saturated heterocycles. The van der Waals surface area contributed by atoms with Crippen molar-refractivity contribution in [3.8, 4) is 11.5 Å². The summed E-state index contributed by atoms with van der Waals surface area (Å²) < 4.78 is 10.8. The molecule has 0 atom stereocenters. The highest BCUT2D eigenvalue weighted by Crippen LogP contribution is 2.32. The van der Waals surface area contributed by atoms with Crippen LogP contribution in [0.2, 0.25) is 0 Å². The molecule has 2 aliphatic rings. The van der Waals surface area contributed by atoms with Crippen LogP contribution in [0.5, 0.6) is 11.5 Å². The van der Waals surface area contributed by atoms with Crippen LogP contribution in [0.25, 0.3) is 0 Å². The fourth-order valence-corrected chi connectivity index (χ4v) is 3.85. The number of hydrogen-bond donors (Lipinski definition) is 2. The summed E-state index contributed by atoms with van der Waals surface area (Å²) >= 11 is 0. The standard InChI is InChI=1S/C24H30N4O3.HI/c1-2-25-24(27-13-11-18-9-10-21-22(14-18)31-17-30-21)26-12-5-8-23(29)28-15-19-6-3-4-7-20(19)16-28;/h3-4,6-7,9-10,14H,2,5,8,11-13,15-17H2,1H3,(H2,25,26,27);1H. The van der Waals surface area contributed by atoms with Crippen LogP contribution in [0.15, 0.2) is 47.5 Å². The van der Waals surface area contributed by atoms with Crippen LogP contribution in [0, 0.1) is 0 Å². The van der Waals surface area contributed by atoms with Crippen molar-refractivity contribution in [3.63, 3.8) is 0 Å². The molecule has 0 radical (unpaired) electrons. The van der Waals surface area contributed by atoms with Crippen molar-refractivity contribution in [1.82, 2.24) is 15.5 Å². The van der Waals surface area contributed by atoms with Gasteiger partial charge in [-0.15, -0.1) is 24.0 Å². The molecule has 7 nitrogen and oxygen atoms in total. The number of rotatable bonds is 8. The van der Waals surface area contributed by atoms with Crippen molar-refractivity contribution in [2.45, 2.75) is 39.3 Å². The van der Waals surface area contributed by atoms with E-state index in [0.717, 1.165) is 56.5 Å². The number of halogens is 1. The van der Waals surface area contributed by atoms with E-state index in [1.807, 2.05) is 36.1 Å². The predicted octanol–water partition coefficient (Wildman–Crippen LogP) is 3.45. The van der Waals surface area contributed by atoms with Gasteiger partial charge in [-0.3, -0.25) is 9.79 Å². The van der Waals surface area contributed by atoms with E-state index < -0.39 is 0 Å². The molecule has 2 aromatic carbocycles. The normalized spacial score (nSPS) is 14.0. The topological polar surface area (TPSA) is 75.2 Å². The Morgan fingerprint density at radius 3 is 2.56 bits per heavy atom. The molecule has 0 aliphatic carbocycles. The van der Waals surface area contributed by atoms with Gasteiger partial charge in [-0.2, -0.15) is 0 Å². The van der Waals surface area contributed by atoms with Gasteiger partial charge in [0.15, 0.2) is 17.5 Å². The summed E-state index contributed by atoms with van der Waals surface area (Å²) in [6.07, 6.45) is 2.12. The number of nitrogens with one attached hydrogen (secondary N) is 2. The smallest absolute Gasteiger partial charge is 0.231 e. The summed E-state index contributed by atoms with van der Waals surface area (Å²) in [5.74, 6) is 2.60. The molecule has 2 aromatic rings. The molecule has 0 fully saturated rings. The Morgan fingerprint density at radius 2 is 1.81 bits per heavy atom. The van der Waals surface area contributed by atoms with Crippen LogP contribution in [-0.4, -0.2) is 43.2 Å². The Hall–Kier alpha value is -2.49. The lowest BCUT2D eigenvalue weighted by Crippen LogP contribution is -2.38. The van der Waals surface area contributed by atoms with E-state index in [1.165, 1.54) is 16.7 Å². The number of aliphatic imine (C=N–C) groups is 1. The largest absolute Gasteiger partial charge is 0.454 e. The highest BCUT2D eigenvalue weighted by Gasteiger charge is 2.22. The Kier molecular flexibility index (Phi) is 9.01. The SMILES string of the molecule is CCNC(=NCCCC(=O)N1Cc2ccccc2C1)NCCc1ccc2c(c1)OCO2.I. The zero-order valence-corrected chi connectivity index (χ0v) is 20.8. The van der Waals surface area contributed by atoms with Gasteiger partial charge in [0.25, 0.3) is 0 Å². The zero-order chi connectivity index (χ0) is 21.5. The molecule has 2 N–H and O–H groups in total. The minimum atomic E-state index is 0. The van der Waals surface area contributed by atoms with Crippen molar-refractivity contribution < 1.29 is 14.3 Å². The van der Waals surface area contributed by atoms with E-state index in [0.29, 0.717) is 19.8 Å². The Balaban J connectivity index is 0.00000289. The van der Waals surface area contributed by atoms with Crippen molar-refractivity contribution in [1.29, 1.82) is 0 Å². The lowest BCUT2D eigenvalue weighted by molar-refractivity contribution is -0.131. The van der Waals surface area contributed by atoms with E-state index in [1.54, 1.807) is 0 Å². The molecule has 1 amide bonds. The molecule has 8 heteroatoms. The van der Waals surface area contributed by atoms with Crippen LogP contribution in [-0.2, 0) is 24.3 Å². The Morgan fingerprint density at radius 1 is 1.06 bits per heavy atom. The van der Waals surface area contributed by atoms with Crippen LogP contribution >= 0.6 is 24.0 Å². The summed E-state index contributed by atoms with van der Waals surface area (Å²) in [6, 6.07) is 14.3. The van der Waals surface area contributed by atoms with Crippen LogP contribution in [0.4, 0.5) is 0 Å². The van der Waals surface area contributed by atoms with Gasteiger partial charge in [-0.25, -0.2) is 0 Å². The molecule has 0 saturated carbocycles. The molecule has 32 heavy (non-hydrogen) atoms. The van der Waals surface area contributed by atoms with Crippen molar-refractivity contribution >= 4 is 35.8 Å². The minimum absolute atomic E-state index is 0. The Labute approximate surface area is 206 Å². The summed E-state index contributed by atoms with van der Waals surface area (Å²) in [4.78, 5) is 19.1. The van der Waals surface area contributed by atoms with Gasteiger partial charge < -0.3 is 25.0 Å². The minimum Gasteiger partial charge on any atom is -0.454 e. The van der Waals surface area contributed by atoms with Gasteiger partial charge >= 0.3 is 0 Å². The predicted molar refractivity (Wildman–Crippen MR) is 136 cm³/mol. The number of amides is 1. The number of hydrogen-bond acceptors (Lipinski definition) is 4. The van der Waals surface area contributed by atoms with Crippen molar-refractivity contribution in [2.24, 2.45) is 4.99 Å². The van der Waals surface area contributed by atoms with Gasteiger partial charge in [-0.1, -0.05) is 30.3 Å². The van der Waals surface area contributed by atoms with E-state index in [2.05, 4.69) is 33.8 Å². The molecule has 0 bridgehead atoms. The van der Waals surface area contributed by atoms with E-state index >= 15 is 0 Å². The number of fused-ring (bicyclic) bond motifs is 2. The highest BCUT2D eigenvalue weighted by atomic mass is 127. The third-order valence-corrected chi connectivity index (χ3v) is 5.50. The molecule has 2 aliphatic heterocycles. The third kappa shape index (κ3) is 6.27. The number of guanidine groups is 1. The monoisotopic (exact) mass is 550 g/mol. The summed E-state index contributed by atoms with van der Waals surface area (Å²) in [7, 11) is 0. The second-order valence-corrected chi connectivity index (χ2v) is 7.75. The van der Waals surface area contributed by atoms with Gasteiger partial charge in [0.1, 0.15) is 0 Å². The maximum absolute atomic E-state index is 12.5. The number of carbonyl (C=O) groups excluding carboxylic acids is 1. The van der Waals surface area contributed by atoms with Crippen LogP contribution < -0.4 is 20.1 Å². The van der Waals surface area contributed by atoms with Crippen molar-refractivity contribution in [3.05, 3.63) is 59.2 Å². The molecule has 4 rings (SSSR count). The summed E-state index contributed by atoms with van der Waals surface area (Å²) in [6.45, 7) is 5.96. The van der Waals surface area contributed by atoms with Gasteiger partial charge in [-0.05, 0) is 48.6 Å². The lowest BCUT2D eigenvalue weighted by Gasteiger charge is -2.15. The fraction of sp³-hybridized carbons (Fsp3) is 0.417. The average Bonchev–Trinajstić information content (AvgIpc) is 3.43. The molecule has 0 unspecified atom stereocenters. The quantitative estimate of drug-likeness (QED) is 0.228. The first kappa shape index (κ1) is 24.2. The van der Waals surface area contributed by atoms with Gasteiger partial charge in [0.2, 0.25) is 12.7 Å². The van der Waals surface area contributed by atoms with E-state index in [9.17, 15) is 4.79 Å². The first-order chi connectivity index (χ1) is 15.2. The molecule has 0 spiro atoms. The first-order valence-corrected chi connectivity index (χ1v) is 11.0. The second-order valence-electron chi connectivity index (χ2n) is 7.75. The maximum atomic E-state index is 12.5. The zero-order valence-electron chi connectivity index (χ0n) is 18.4. The first-order valence-electron chi connectivity index (χ1n) is 11.0. The van der Waals surface area contributed by atoms with Crippen molar-refractivity contribution in [2.75, 3.05) is 26.4 Å². The summed E-state index contributed by atoms with van der Waals surface area (Å²) in [5, 5.41) is 6.63. The number of benzene rings is 2. The average molecular weight is 550 g/mol. The van der Waals surface area contributed by atoms with Gasteiger partial charge in [0.05, 0.1) is 0 Å². The number of nitrogens with zero attached hydrogens (tertiary/aromatic N) is 2. The lowest BCUT2D eigenvalue weighted by atomic mass is 10.1. The van der Waals surface area contributed by atoms with Crippen LogP contribution in [0.3, 0.4) is 0 Å². The Bertz CT molecular complexity index is 926. The van der Waals surface area contributed by atoms with E-state index in [4.69, 9.17) is 9.47 Å².